The molecule has 0 aromatic heterocycles. The average Bonchev–Trinajstić information content (AvgIpc) is 2.56. The second kappa shape index (κ2) is 7.45. The Labute approximate surface area is 139 Å². The molecule has 0 saturated carbocycles. The molecule has 126 valence electrons. The van der Waals surface area contributed by atoms with Crippen molar-refractivity contribution < 1.29 is 19.2 Å². The van der Waals surface area contributed by atoms with Crippen molar-refractivity contribution in [1.82, 2.24) is 0 Å². The molecule has 2 rings (SSSR count). The summed E-state index contributed by atoms with van der Waals surface area (Å²) in [5.41, 5.74) is 1.15. The largest absolute Gasteiger partial charge is 0.493 e. The zero-order valence-corrected chi connectivity index (χ0v) is 13.7. The second-order valence-corrected chi connectivity index (χ2v) is 5.03. The Hall–Kier alpha value is -3.09. The van der Waals surface area contributed by atoms with Crippen LogP contribution in [0.4, 0.5) is 11.4 Å². The van der Waals surface area contributed by atoms with E-state index >= 15 is 0 Å². The molecule has 2 aromatic rings. The summed E-state index contributed by atoms with van der Waals surface area (Å²) < 4.78 is 10.5. The molecule has 7 nitrogen and oxygen atoms in total. The summed E-state index contributed by atoms with van der Waals surface area (Å²) in [6.07, 6.45) is 0. The van der Waals surface area contributed by atoms with Crippen molar-refractivity contribution in [2.24, 2.45) is 0 Å². The third-order valence-corrected chi connectivity index (χ3v) is 3.33. The number of carbonyl (C=O) groups is 1. The zero-order valence-electron chi connectivity index (χ0n) is 13.7. The van der Waals surface area contributed by atoms with Crippen LogP contribution in [0.3, 0.4) is 0 Å². The molecule has 1 amide bonds. The van der Waals surface area contributed by atoms with Crippen molar-refractivity contribution in [3.05, 3.63) is 57.6 Å². The molecular formula is C17H18N2O5. The zero-order chi connectivity index (χ0) is 17.7. The summed E-state index contributed by atoms with van der Waals surface area (Å²) in [5.74, 6) is -0.107. The van der Waals surface area contributed by atoms with Gasteiger partial charge in [0.2, 0.25) is 0 Å². The van der Waals surface area contributed by atoms with Crippen molar-refractivity contribution in [3.63, 3.8) is 0 Å². The number of nitrogens with one attached hydrogen (secondary N) is 1. The van der Waals surface area contributed by atoms with Crippen LogP contribution < -0.4 is 14.8 Å². The first-order valence-corrected chi connectivity index (χ1v) is 7.33. The van der Waals surface area contributed by atoms with Gasteiger partial charge in [0.1, 0.15) is 5.56 Å². The molecule has 2 aromatic carbocycles. The molecule has 0 unspecified atom stereocenters. The minimum absolute atomic E-state index is 0.0928. The van der Waals surface area contributed by atoms with Gasteiger partial charge in [-0.3, -0.25) is 14.9 Å². The molecule has 24 heavy (non-hydrogen) atoms. The van der Waals surface area contributed by atoms with E-state index in [9.17, 15) is 14.9 Å². The Balaban J connectivity index is 2.42. The summed E-state index contributed by atoms with van der Waals surface area (Å²) in [5, 5.41) is 13.9. The van der Waals surface area contributed by atoms with E-state index in [4.69, 9.17) is 9.47 Å². The molecule has 0 bridgehead atoms. The molecule has 1 N–H and O–H groups in total. The third kappa shape index (κ3) is 3.81. The predicted molar refractivity (Wildman–Crippen MR) is 89.9 cm³/mol. The number of aryl methyl sites for hydroxylation is 1. The van der Waals surface area contributed by atoms with E-state index in [-0.39, 0.29) is 22.7 Å². The Kier molecular flexibility index (Phi) is 5.36. The number of hydrogen-bond acceptors (Lipinski definition) is 5. The van der Waals surface area contributed by atoms with Crippen molar-refractivity contribution in [3.8, 4) is 11.5 Å². The van der Waals surface area contributed by atoms with Crippen molar-refractivity contribution in [1.29, 1.82) is 0 Å². The highest BCUT2D eigenvalue weighted by atomic mass is 16.6. The maximum Gasteiger partial charge on any atom is 0.286 e. The summed E-state index contributed by atoms with van der Waals surface area (Å²) in [6.45, 7) is 4.04. The molecule has 0 spiro atoms. The smallest absolute Gasteiger partial charge is 0.286 e. The van der Waals surface area contributed by atoms with Crippen LogP contribution in [0.5, 0.6) is 11.5 Å². The molecule has 0 aliphatic heterocycles. The molecule has 0 fully saturated rings. The molecular weight excluding hydrogens is 312 g/mol. The Bertz CT molecular complexity index is 756. The highest BCUT2D eigenvalue weighted by Crippen LogP contribution is 2.35. The second-order valence-electron chi connectivity index (χ2n) is 5.03. The topological polar surface area (TPSA) is 90.7 Å². The molecule has 0 saturated heterocycles. The van der Waals surface area contributed by atoms with E-state index in [0.29, 0.717) is 12.3 Å². The van der Waals surface area contributed by atoms with Gasteiger partial charge in [0.05, 0.1) is 24.7 Å². The van der Waals surface area contributed by atoms with Crippen molar-refractivity contribution in [2.75, 3.05) is 19.0 Å². The van der Waals surface area contributed by atoms with Gasteiger partial charge in [-0.25, -0.2) is 0 Å². The minimum atomic E-state index is -0.623. The van der Waals surface area contributed by atoms with Crippen LogP contribution >= 0.6 is 0 Å². The van der Waals surface area contributed by atoms with Crippen LogP contribution in [0.2, 0.25) is 0 Å². The predicted octanol–water partition coefficient (Wildman–Crippen LogP) is 3.56. The van der Waals surface area contributed by atoms with Crippen molar-refractivity contribution >= 4 is 17.3 Å². The van der Waals surface area contributed by atoms with Crippen LogP contribution in [-0.4, -0.2) is 24.5 Å². The Morgan fingerprint density at radius 3 is 2.42 bits per heavy atom. The summed E-state index contributed by atoms with van der Waals surface area (Å²) in [7, 11) is 1.38. The van der Waals surface area contributed by atoms with Gasteiger partial charge in [-0.1, -0.05) is 17.7 Å². The van der Waals surface area contributed by atoms with Gasteiger partial charge in [0.25, 0.3) is 11.6 Å². The fraction of sp³-hybridized carbons (Fsp3) is 0.235. The lowest BCUT2D eigenvalue weighted by Gasteiger charge is -2.12. The van der Waals surface area contributed by atoms with Crippen LogP contribution in [0.15, 0.2) is 36.4 Å². The number of ether oxygens (including phenoxy) is 2. The first kappa shape index (κ1) is 17.3. The fourth-order valence-electron chi connectivity index (χ4n) is 2.15. The average molecular weight is 330 g/mol. The summed E-state index contributed by atoms with van der Waals surface area (Å²) in [6, 6.07) is 9.64. The van der Waals surface area contributed by atoms with Gasteiger partial charge < -0.3 is 14.8 Å². The number of methoxy groups -OCH3 is 1. The minimum Gasteiger partial charge on any atom is -0.493 e. The van der Waals surface area contributed by atoms with Gasteiger partial charge in [-0.15, -0.1) is 0 Å². The highest BCUT2D eigenvalue weighted by molar-refractivity contribution is 6.07. The number of hydrogen-bond donors (Lipinski definition) is 1. The molecule has 0 aliphatic rings. The molecule has 0 heterocycles. The lowest BCUT2D eigenvalue weighted by atomic mass is 10.1. The maximum atomic E-state index is 12.5. The first-order chi connectivity index (χ1) is 11.5. The standard InChI is InChI=1S/C17H18N2O5/c1-4-24-16-9-13(14(19(21)22)10-15(16)23-3)17(20)18-12-7-5-11(2)6-8-12/h5-10H,4H2,1-3H3,(H,18,20). The van der Waals surface area contributed by atoms with Crippen LogP contribution in [-0.2, 0) is 0 Å². The van der Waals surface area contributed by atoms with Crippen LogP contribution in [0, 0.1) is 17.0 Å². The first-order valence-electron chi connectivity index (χ1n) is 7.33. The number of nitrogens with zero attached hydrogens (tertiary/aromatic N) is 1. The van der Waals surface area contributed by atoms with Crippen molar-refractivity contribution in [2.45, 2.75) is 13.8 Å². The molecule has 0 atom stereocenters. The summed E-state index contributed by atoms with van der Waals surface area (Å²) >= 11 is 0. The van der Waals surface area contributed by atoms with Crippen LogP contribution in [0.1, 0.15) is 22.8 Å². The SMILES string of the molecule is CCOc1cc(C(=O)Nc2ccc(C)cc2)c([N+](=O)[O-])cc1OC. The van der Waals surface area contributed by atoms with Gasteiger partial charge in [-0.05, 0) is 26.0 Å². The van der Waals surface area contributed by atoms with Crippen LogP contribution in [0.25, 0.3) is 0 Å². The van der Waals surface area contributed by atoms with E-state index < -0.39 is 10.8 Å². The number of nitro groups is 1. The Morgan fingerprint density at radius 2 is 1.88 bits per heavy atom. The lowest BCUT2D eigenvalue weighted by molar-refractivity contribution is -0.385. The number of nitro benzene ring substituents is 1. The number of anilines is 1. The number of benzene rings is 2. The van der Waals surface area contributed by atoms with Gasteiger partial charge in [0, 0.05) is 11.8 Å². The monoisotopic (exact) mass is 330 g/mol. The molecule has 0 radical (unpaired) electrons. The normalized spacial score (nSPS) is 10.1. The van der Waals surface area contributed by atoms with E-state index in [1.54, 1.807) is 19.1 Å². The number of carbonyl (C=O) groups excluding carboxylic acids is 1. The quantitative estimate of drug-likeness (QED) is 0.646. The van der Waals surface area contributed by atoms with Gasteiger partial charge >= 0.3 is 0 Å². The third-order valence-electron chi connectivity index (χ3n) is 3.33. The molecule has 0 aliphatic carbocycles. The molecule has 7 heteroatoms. The van der Waals surface area contributed by atoms with E-state index in [1.165, 1.54) is 19.2 Å². The van der Waals surface area contributed by atoms with Gasteiger partial charge in [0.15, 0.2) is 11.5 Å². The number of rotatable bonds is 6. The number of amides is 1. The van der Waals surface area contributed by atoms with E-state index in [0.717, 1.165) is 5.56 Å². The highest BCUT2D eigenvalue weighted by Gasteiger charge is 2.24. The maximum absolute atomic E-state index is 12.5. The van der Waals surface area contributed by atoms with Gasteiger partial charge in [-0.2, -0.15) is 0 Å². The Morgan fingerprint density at radius 1 is 1.21 bits per heavy atom. The fourth-order valence-corrected chi connectivity index (χ4v) is 2.15. The summed E-state index contributed by atoms with van der Waals surface area (Å²) in [4.78, 5) is 23.1. The van der Waals surface area contributed by atoms with E-state index in [1.807, 2.05) is 19.1 Å². The van der Waals surface area contributed by atoms with E-state index in [2.05, 4.69) is 5.32 Å². The lowest BCUT2D eigenvalue weighted by Crippen LogP contribution is -2.14.